The lowest BCUT2D eigenvalue weighted by Gasteiger charge is -2.23. The second-order valence-corrected chi connectivity index (χ2v) is 7.50. The molecule has 0 heterocycles. The number of nitriles is 1. The topological polar surface area (TPSA) is 96.0 Å². The molecule has 0 aliphatic rings. The van der Waals surface area contributed by atoms with E-state index in [1.54, 1.807) is 12.1 Å². The smallest absolute Gasteiger partial charge is 0.238 e. The minimum absolute atomic E-state index is 0.104. The van der Waals surface area contributed by atoms with Crippen LogP contribution in [0.15, 0.2) is 29.2 Å². The molecule has 3 N–H and O–H groups in total. The Labute approximate surface area is 127 Å². The molecule has 0 unspecified atom stereocenters. The van der Waals surface area contributed by atoms with Gasteiger partial charge in [0, 0.05) is 13.0 Å². The fourth-order valence-corrected chi connectivity index (χ4v) is 2.50. The molecule has 0 aliphatic heterocycles. The van der Waals surface area contributed by atoms with Crippen molar-refractivity contribution < 1.29 is 8.42 Å². The van der Waals surface area contributed by atoms with E-state index in [0.717, 1.165) is 31.5 Å². The molecule has 0 saturated carbocycles. The summed E-state index contributed by atoms with van der Waals surface area (Å²) in [6, 6.07) is 8.79. The van der Waals surface area contributed by atoms with Crippen molar-refractivity contribution in [1.29, 1.82) is 5.26 Å². The summed E-state index contributed by atoms with van der Waals surface area (Å²) in [5.74, 6) is 0. The Morgan fingerprint density at radius 3 is 2.43 bits per heavy atom. The van der Waals surface area contributed by atoms with E-state index >= 15 is 0 Å². The molecule has 0 radical (unpaired) electrons. The third kappa shape index (κ3) is 6.71. The summed E-state index contributed by atoms with van der Waals surface area (Å²) in [6.45, 7) is 5.94. The first-order valence-electron chi connectivity index (χ1n) is 6.94. The van der Waals surface area contributed by atoms with Crippen LogP contribution in [0, 0.1) is 16.7 Å². The zero-order valence-electron chi connectivity index (χ0n) is 12.6. The Balaban J connectivity index is 2.38. The van der Waals surface area contributed by atoms with Crippen molar-refractivity contribution in [1.82, 2.24) is 5.32 Å². The Morgan fingerprint density at radius 1 is 1.29 bits per heavy atom. The van der Waals surface area contributed by atoms with E-state index < -0.39 is 10.0 Å². The molecule has 0 saturated heterocycles. The maximum Gasteiger partial charge on any atom is 0.238 e. The highest BCUT2D eigenvalue weighted by Gasteiger charge is 2.16. The van der Waals surface area contributed by atoms with E-state index in [2.05, 4.69) is 25.2 Å². The van der Waals surface area contributed by atoms with Gasteiger partial charge < -0.3 is 5.32 Å². The highest BCUT2D eigenvalue weighted by atomic mass is 32.2. The van der Waals surface area contributed by atoms with Gasteiger partial charge in [-0.05, 0) is 42.5 Å². The number of nitrogens with two attached hydrogens (primary N) is 1. The third-order valence-electron chi connectivity index (χ3n) is 3.36. The van der Waals surface area contributed by atoms with Crippen LogP contribution in [0.3, 0.4) is 0 Å². The minimum Gasteiger partial charge on any atom is -0.316 e. The molecule has 116 valence electrons. The highest BCUT2D eigenvalue weighted by molar-refractivity contribution is 7.89. The van der Waals surface area contributed by atoms with Gasteiger partial charge >= 0.3 is 0 Å². The molecule has 0 spiro atoms. The van der Waals surface area contributed by atoms with E-state index in [4.69, 9.17) is 10.4 Å². The summed E-state index contributed by atoms with van der Waals surface area (Å²) >= 11 is 0. The van der Waals surface area contributed by atoms with Gasteiger partial charge in [0.15, 0.2) is 0 Å². The Bertz CT molecular complexity index is 586. The van der Waals surface area contributed by atoms with E-state index in [1.165, 1.54) is 12.1 Å². The third-order valence-corrected chi connectivity index (χ3v) is 4.29. The van der Waals surface area contributed by atoms with Gasteiger partial charge in [0.1, 0.15) is 0 Å². The predicted octanol–water partition coefficient (Wildman–Crippen LogP) is 1.80. The number of rotatable bonds is 8. The Hall–Kier alpha value is -1.42. The van der Waals surface area contributed by atoms with Gasteiger partial charge in [0.2, 0.25) is 10.0 Å². The van der Waals surface area contributed by atoms with E-state index in [1.807, 2.05) is 0 Å². The largest absolute Gasteiger partial charge is 0.316 e. The average molecular weight is 309 g/mol. The van der Waals surface area contributed by atoms with Crippen LogP contribution in [0.5, 0.6) is 0 Å². The molecule has 1 aromatic rings. The first-order valence-corrected chi connectivity index (χ1v) is 8.49. The predicted molar refractivity (Wildman–Crippen MR) is 83.0 cm³/mol. The van der Waals surface area contributed by atoms with Gasteiger partial charge in [0.05, 0.1) is 11.0 Å². The quantitative estimate of drug-likeness (QED) is 0.716. The first-order chi connectivity index (χ1) is 9.74. The second kappa shape index (κ2) is 7.55. The van der Waals surface area contributed by atoms with Crippen LogP contribution in [-0.4, -0.2) is 21.5 Å². The fourth-order valence-electron chi connectivity index (χ4n) is 1.99. The summed E-state index contributed by atoms with van der Waals surface area (Å²) in [4.78, 5) is 0.136. The number of hydrogen-bond acceptors (Lipinski definition) is 4. The Kier molecular flexibility index (Phi) is 6.34. The van der Waals surface area contributed by atoms with Crippen molar-refractivity contribution in [3.8, 4) is 6.07 Å². The van der Waals surface area contributed by atoms with E-state index in [9.17, 15) is 8.42 Å². The maximum atomic E-state index is 11.1. The van der Waals surface area contributed by atoms with Gasteiger partial charge in [-0.25, -0.2) is 13.6 Å². The van der Waals surface area contributed by atoms with Crippen LogP contribution >= 0.6 is 0 Å². The lowest BCUT2D eigenvalue weighted by molar-refractivity contribution is 0.319. The molecule has 21 heavy (non-hydrogen) atoms. The summed E-state index contributed by atoms with van der Waals surface area (Å²) in [7, 11) is -3.61. The lowest BCUT2D eigenvalue weighted by Crippen LogP contribution is -2.30. The lowest BCUT2D eigenvalue weighted by atomic mass is 9.88. The van der Waals surface area contributed by atoms with Crippen molar-refractivity contribution in [2.45, 2.75) is 38.0 Å². The van der Waals surface area contributed by atoms with Gasteiger partial charge in [-0.15, -0.1) is 0 Å². The SMILES string of the molecule is CC(C)(CCC#N)CNCCc1ccc(S(N)(=O)=O)cc1. The molecule has 0 bridgehead atoms. The van der Waals surface area contributed by atoms with Gasteiger partial charge in [0.25, 0.3) is 0 Å². The monoisotopic (exact) mass is 309 g/mol. The molecule has 5 nitrogen and oxygen atoms in total. The van der Waals surface area contributed by atoms with Crippen LogP contribution in [0.4, 0.5) is 0 Å². The number of nitrogens with zero attached hydrogens (tertiary/aromatic N) is 1. The first kappa shape index (κ1) is 17.6. The molecular weight excluding hydrogens is 286 g/mol. The number of nitrogens with one attached hydrogen (secondary N) is 1. The van der Waals surface area contributed by atoms with Crippen molar-refractivity contribution in [2.75, 3.05) is 13.1 Å². The minimum atomic E-state index is -3.61. The molecule has 1 aromatic carbocycles. The molecule has 0 aliphatic carbocycles. The van der Waals surface area contributed by atoms with E-state index in [-0.39, 0.29) is 10.3 Å². The number of hydrogen-bond donors (Lipinski definition) is 2. The van der Waals surface area contributed by atoms with Gasteiger partial charge in [-0.3, -0.25) is 0 Å². The number of primary sulfonamides is 1. The number of sulfonamides is 1. The zero-order chi connectivity index (χ0) is 15.9. The molecule has 6 heteroatoms. The molecular formula is C15H23N3O2S. The summed E-state index contributed by atoms with van der Waals surface area (Å²) in [5, 5.41) is 17.0. The standard InChI is InChI=1S/C15H23N3O2S/c1-15(2,9-3-10-16)12-18-11-8-13-4-6-14(7-5-13)21(17,19)20/h4-7,18H,3,8-9,11-12H2,1-2H3,(H2,17,19,20). The fraction of sp³-hybridized carbons (Fsp3) is 0.533. The molecule has 0 amide bonds. The summed E-state index contributed by atoms with van der Waals surface area (Å²) in [5.41, 5.74) is 1.16. The van der Waals surface area contributed by atoms with Crippen molar-refractivity contribution in [3.63, 3.8) is 0 Å². The summed E-state index contributed by atoms with van der Waals surface area (Å²) < 4.78 is 22.3. The second-order valence-electron chi connectivity index (χ2n) is 5.94. The van der Waals surface area contributed by atoms with Crippen LogP contribution < -0.4 is 10.5 Å². The molecule has 0 atom stereocenters. The van der Waals surface area contributed by atoms with Crippen molar-refractivity contribution >= 4 is 10.0 Å². The maximum absolute atomic E-state index is 11.1. The summed E-state index contributed by atoms with van der Waals surface area (Å²) in [6.07, 6.45) is 2.27. The van der Waals surface area contributed by atoms with Crippen LogP contribution in [-0.2, 0) is 16.4 Å². The van der Waals surface area contributed by atoms with Crippen LogP contribution in [0.25, 0.3) is 0 Å². The van der Waals surface area contributed by atoms with Crippen LogP contribution in [0.1, 0.15) is 32.3 Å². The number of benzene rings is 1. The van der Waals surface area contributed by atoms with Crippen molar-refractivity contribution in [3.05, 3.63) is 29.8 Å². The molecule has 0 fully saturated rings. The van der Waals surface area contributed by atoms with Crippen molar-refractivity contribution in [2.24, 2.45) is 10.6 Å². The average Bonchev–Trinajstić information content (AvgIpc) is 2.41. The molecule has 0 aromatic heterocycles. The zero-order valence-corrected chi connectivity index (χ0v) is 13.4. The van der Waals surface area contributed by atoms with Gasteiger partial charge in [-0.1, -0.05) is 26.0 Å². The Morgan fingerprint density at radius 2 is 1.90 bits per heavy atom. The van der Waals surface area contributed by atoms with E-state index in [0.29, 0.717) is 6.42 Å². The normalized spacial score (nSPS) is 12.1. The highest BCUT2D eigenvalue weighted by Crippen LogP contribution is 2.20. The van der Waals surface area contributed by atoms with Crippen LogP contribution in [0.2, 0.25) is 0 Å². The van der Waals surface area contributed by atoms with Gasteiger partial charge in [-0.2, -0.15) is 5.26 Å². The molecule has 1 rings (SSSR count).